The molecule has 0 unspecified atom stereocenters. The minimum atomic E-state index is -4.08. The number of anilines is 2. The first-order valence-electron chi connectivity index (χ1n) is 10.1. The van der Waals surface area contributed by atoms with E-state index >= 15 is 0 Å². The normalized spacial score (nSPS) is 11.6. The zero-order chi connectivity index (χ0) is 24.9. The molecule has 1 aromatic heterocycles. The van der Waals surface area contributed by atoms with Crippen molar-refractivity contribution in [2.75, 3.05) is 16.6 Å². The molecule has 0 bridgehead atoms. The summed E-state index contributed by atoms with van der Waals surface area (Å²) in [5.41, 5.74) is 0.210. The van der Waals surface area contributed by atoms with Gasteiger partial charge in [0, 0.05) is 17.9 Å². The van der Waals surface area contributed by atoms with Gasteiger partial charge in [-0.25, -0.2) is 21.8 Å². The van der Waals surface area contributed by atoms with E-state index in [0.717, 1.165) is 0 Å². The number of benzene rings is 2. The number of rotatable bonds is 9. The summed E-state index contributed by atoms with van der Waals surface area (Å²) in [6, 6.07) is 13.7. The lowest BCUT2D eigenvalue weighted by Gasteiger charge is -2.14. The number of pyridine rings is 1. The zero-order valence-electron chi connectivity index (χ0n) is 18.6. The van der Waals surface area contributed by atoms with Gasteiger partial charge in [0.25, 0.3) is 26.0 Å². The van der Waals surface area contributed by atoms with Crippen LogP contribution in [0.2, 0.25) is 0 Å². The third-order valence-corrected chi connectivity index (χ3v) is 7.22. The standard InChI is InChI=1S/C22H24N4O6S2/c1-15(2)24-22(27)19-14-18(11-12-20(19)32-3)34(30,31)25-16-7-9-17(10-8-16)33(28,29)26-21-6-4-5-13-23-21/h4-15,25H,1-3H3,(H,23,26)(H,24,27). The number of amides is 1. The summed E-state index contributed by atoms with van der Waals surface area (Å²) < 4.78 is 60.7. The van der Waals surface area contributed by atoms with Gasteiger partial charge in [0.2, 0.25) is 0 Å². The second kappa shape index (κ2) is 10.1. The second-order valence-corrected chi connectivity index (χ2v) is 10.8. The van der Waals surface area contributed by atoms with Gasteiger partial charge in [-0.3, -0.25) is 14.2 Å². The van der Waals surface area contributed by atoms with E-state index in [1.165, 1.54) is 61.8 Å². The summed E-state index contributed by atoms with van der Waals surface area (Å²) >= 11 is 0. The Hall–Kier alpha value is -3.64. The molecule has 0 aliphatic heterocycles. The van der Waals surface area contributed by atoms with Gasteiger partial charge in [0.05, 0.1) is 22.5 Å². The third kappa shape index (κ3) is 6.02. The van der Waals surface area contributed by atoms with Crippen molar-refractivity contribution in [2.24, 2.45) is 0 Å². The Bertz CT molecular complexity index is 1370. The van der Waals surface area contributed by atoms with Crippen molar-refractivity contribution in [1.29, 1.82) is 0 Å². The first-order chi connectivity index (χ1) is 16.0. The number of hydrogen-bond donors (Lipinski definition) is 3. The highest BCUT2D eigenvalue weighted by molar-refractivity contribution is 7.93. The minimum Gasteiger partial charge on any atom is -0.496 e. The Morgan fingerprint density at radius 3 is 2.12 bits per heavy atom. The van der Waals surface area contributed by atoms with Gasteiger partial charge in [-0.1, -0.05) is 6.07 Å². The van der Waals surface area contributed by atoms with Crippen LogP contribution in [0.1, 0.15) is 24.2 Å². The number of hydrogen-bond acceptors (Lipinski definition) is 7. The molecule has 0 saturated heterocycles. The van der Waals surface area contributed by atoms with Crippen LogP contribution < -0.4 is 19.5 Å². The molecule has 3 aromatic rings. The topological polar surface area (TPSA) is 144 Å². The molecule has 3 rings (SSSR count). The largest absolute Gasteiger partial charge is 0.496 e. The van der Waals surface area contributed by atoms with E-state index in [0.29, 0.717) is 0 Å². The molecule has 0 spiro atoms. The molecule has 0 atom stereocenters. The predicted molar refractivity (Wildman–Crippen MR) is 128 cm³/mol. The van der Waals surface area contributed by atoms with Gasteiger partial charge in [0.15, 0.2) is 0 Å². The molecule has 0 fully saturated rings. The van der Waals surface area contributed by atoms with Crippen molar-refractivity contribution in [2.45, 2.75) is 29.7 Å². The van der Waals surface area contributed by atoms with Gasteiger partial charge in [-0.15, -0.1) is 0 Å². The molecular formula is C22H24N4O6S2. The van der Waals surface area contributed by atoms with Crippen molar-refractivity contribution >= 4 is 37.5 Å². The molecule has 0 saturated carbocycles. The number of carbonyl (C=O) groups is 1. The summed E-state index contributed by atoms with van der Waals surface area (Å²) in [5.74, 6) is -0.0879. The van der Waals surface area contributed by atoms with E-state index < -0.39 is 26.0 Å². The van der Waals surface area contributed by atoms with Gasteiger partial charge in [-0.05, 0) is 68.4 Å². The van der Waals surface area contributed by atoms with Crippen LogP contribution in [0.15, 0.2) is 76.7 Å². The van der Waals surface area contributed by atoms with Crippen LogP contribution in [-0.4, -0.2) is 40.9 Å². The highest BCUT2D eigenvalue weighted by atomic mass is 32.2. The number of nitrogens with zero attached hydrogens (tertiary/aromatic N) is 1. The highest BCUT2D eigenvalue weighted by Gasteiger charge is 2.21. The fraction of sp³-hybridized carbons (Fsp3) is 0.182. The van der Waals surface area contributed by atoms with E-state index in [9.17, 15) is 21.6 Å². The Labute approximate surface area is 198 Å². The van der Waals surface area contributed by atoms with Gasteiger partial charge in [0.1, 0.15) is 11.6 Å². The number of carbonyl (C=O) groups excluding carboxylic acids is 1. The fourth-order valence-corrected chi connectivity index (χ4v) is 5.00. The molecule has 12 heteroatoms. The lowest BCUT2D eigenvalue weighted by molar-refractivity contribution is 0.0940. The first kappa shape index (κ1) is 25.0. The molecule has 0 aliphatic rings. The van der Waals surface area contributed by atoms with Crippen LogP contribution in [0, 0.1) is 0 Å². The summed E-state index contributed by atoms with van der Waals surface area (Å²) in [6.07, 6.45) is 1.45. The molecule has 3 N–H and O–H groups in total. The molecule has 0 aliphatic carbocycles. The van der Waals surface area contributed by atoms with Crippen molar-refractivity contribution < 1.29 is 26.4 Å². The van der Waals surface area contributed by atoms with E-state index in [4.69, 9.17) is 4.74 Å². The number of methoxy groups -OCH3 is 1. The zero-order valence-corrected chi connectivity index (χ0v) is 20.3. The maximum absolute atomic E-state index is 12.9. The predicted octanol–water partition coefficient (Wildman–Crippen LogP) is 2.83. The Morgan fingerprint density at radius 1 is 0.882 bits per heavy atom. The summed E-state index contributed by atoms with van der Waals surface area (Å²) in [6.45, 7) is 3.56. The molecular weight excluding hydrogens is 480 g/mol. The third-order valence-electron chi connectivity index (χ3n) is 4.47. The monoisotopic (exact) mass is 504 g/mol. The number of ether oxygens (including phenoxy) is 1. The van der Waals surface area contributed by atoms with E-state index in [-0.39, 0.29) is 38.7 Å². The van der Waals surface area contributed by atoms with Crippen molar-refractivity contribution in [3.63, 3.8) is 0 Å². The molecule has 1 heterocycles. The minimum absolute atomic E-state index is 0.0705. The van der Waals surface area contributed by atoms with Gasteiger partial charge >= 0.3 is 0 Å². The van der Waals surface area contributed by atoms with E-state index in [1.807, 2.05) is 0 Å². The maximum atomic E-state index is 12.9. The average Bonchev–Trinajstić information content (AvgIpc) is 2.78. The van der Waals surface area contributed by atoms with Gasteiger partial charge in [-0.2, -0.15) is 0 Å². The van der Waals surface area contributed by atoms with Crippen LogP contribution in [0.3, 0.4) is 0 Å². The van der Waals surface area contributed by atoms with Crippen molar-refractivity contribution in [3.8, 4) is 5.75 Å². The summed E-state index contributed by atoms with van der Waals surface area (Å²) in [7, 11) is -6.61. The molecule has 0 radical (unpaired) electrons. The average molecular weight is 505 g/mol. The smallest absolute Gasteiger partial charge is 0.263 e. The van der Waals surface area contributed by atoms with E-state index in [1.54, 1.807) is 26.0 Å². The van der Waals surface area contributed by atoms with Crippen LogP contribution in [-0.2, 0) is 20.0 Å². The number of sulfonamides is 2. The maximum Gasteiger partial charge on any atom is 0.263 e. The number of nitrogens with one attached hydrogen (secondary N) is 3. The highest BCUT2D eigenvalue weighted by Crippen LogP contribution is 2.25. The Balaban J connectivity index is 1.82. The van der Waals surface area contributed by atoms with Crippen molar-refractivity contribution in [3.05, 3.63) is 72.4 Å². The summed E-state index contributed by atoms with van der Waals surface area (Å²) in [5, 5.41) is 2.70. The van der Waals surface area contributed by atoms with Crippen LogP contribution >= 0.6 is 0 Å². The van der Waals surface area contributed by atoms with Crippen molar-refractivity contribution in [1.82, 2.24) is 10.3 Å². The van der Waals surface area contributed by atoms with Crippen LogP contribution in [0.5, 0.6) is 5.75 Å². The van der Waals surface area contributed by atoms with Crippen LogP contribution in [0.4, 0.5) is 11.5 Å². The number of aromatic nitrogens is 1. The molecule has 34 heavy (non-hydrogen) atoms. The molecule has 1 amide bonds. The van der Waals surface area contributed by atoms with E-state index in [2.05, 4.69) is 19.7 Å². The summed E-state index contributed by atoms with van der Waals surface area (Å²) in [4.78, 5) is 16.2. The Morgan fingerprint density at radius 2 is 1.53 bits per heavy atom. The SMILES string of the molecule is COc1ccc(S(=O)(=O)Nc2ccc(S(=O)(=O)Nc3ccccn3)cc2)cc1C(=O)NC(C)C. The quantitative estimate of drug-likeness (QED) is 0.406. The second-order valence-electron chi connectivity index (χ2n) is 7.44. The fourth-order valence-electron chi connectivity index (χ4n) is 2.91. The Kier molecular flexibility index (Phi) is 7.42. The molecule has 2 aromatic carbocycles. The lowest BCUT2D eigenvalue weighted by Crippen LogP contribution is -2.30. The van der Waals surface area contributed by atoms with Gasteiger partial charge < -0.3 is 10.1 Å². The molecule has 10 nitrogen and oxygen atoms in total. The van der Waals surface area contributed by atoms with Crippen LogP contribution in [0.25, 0.3) is 0 Å². The first-order valence-corrected chi connectivity index (χ1v) is 13.0. The molecule has 180 valence electrons. The lowest BCUT2D eigenvalue weighted by atomic mass is 10.2.